The van der Waals surface area contributed by atoms with Gasteiger partial charge in [0, 0.05) is 33.1 Å². The van der Waals surface area contributed by atoms with Gasteiger partial charge in [-0.1, -0.05) is 6.92 Å². The fourth-order valence-electron chi connectivity index (χ4n) is 2.76. The van der Waals surface area contributed by atoms with Crippen LogP contribution in [0.3, 0.4) is 0 Å². The number of nitrogens with zero attached hydrogens (tertiary/aromatic N) is 3. The Morgan fingerprint density at radius 1 is 1.35 bits per heavy atom. The minimum Gasteiger partial charge on any atom is -0.356 e. The van der Waals surface area contributed by atoms with Crippen molar-refractivity contribution in [1.82, 2.24) is 20.8 Å². The number of piperidine rings is 1. The molecule has 2 amide bonds. The molecule has 2 rings (SSSR count). The van der Waals surface area contributed by atoms with E-state index < -0.39 is 0 Å². The molecule has 1 fully saturated rings. The van der Waals surface area contributed by atoms with E-state index in [0.717, 1.165) is 38.2 Å². The third kappa shape index (κ3) is 4.91. The number of rotatable bonds is 6. The molecule has 7 nitrogen and oxygen atoms in total. The lowest BCUT2D eigenvalue weighted by Crippen LogP contribution is -2.41. The van der Waals surface area contributed by atoms with E-state index in [2.05, 4.69) is 25.7 Å². The number of aromatic nitrogens is 2. The van der Waals surface area contributed by atoms with Gasteiger partial charge in [-0.2, -0.15) is 0 Å². The van der Waals surface area contributed by atoms with E-state index in [1.807, 2.05) is 13.0 Å². The normalized spacial score (nSPS) is 17.7. The van der Waals surface area contributed by atoms with Gasteiger partial charge < -0.3 is 15.5 Å². The summed E-state index contributed by atoms with van der Waals surface area (Å²) in [6.45, 7) is 4.48. The van der Waals surface area contributed by atoms with Gasteiger partial charge in [0.2, 0.25) is 5.91 Å². The van der Waals surface area contributed by atoms with Gasteiger partial charge >= 0.3 is 0 Å². The minimum absolute atomic E-state index is 0.124. The van der Waals surface area contributed by atoms with Crippen molar-refractivity contribution in [2.24, 2.45) is 5.92 Å². The second-order valence-electron chi connectivity index (χ2n) is 5.86. The fraction of sp³-hybridized carbons (Fsp3) is 0.625. The van der Waals surface area contributed by atoms with Crippen LogP contribution >= 0.6 is 0 Å². The van der Waals surface area contributed by atoms with Crippen LogP contribution in [-0.2, 0) is 4.79 Å². The predicted molar refractivity (Wildman–Crippen MR) is 88.3 cm³/mol. The second-order valence-corrected chi connectivity index (χ2v) is 5.86. The van der Waals surface area contributed by atoms with Gasteiger partial charge in [0.15, 0.2) is 11.5 Å². The van der Waals surface area contributed by atoms with Gasteiger partial charge in [0.1, 0.15) is 0 Å². The monoisotopic (exact) mass is 319 g/mol. The van der Waals surface area contributed by atoms with Crippen molar-refractivity contribution in [3.05, 3.63) is 17.8 Å². The van der Waals surface area contributed by atoms with Crippen LogP contribution in [0, 0.1) is 5.92 Å². The smallest absolute Gasteiger partial charge is 0.271 e. The molecule has 0 aliphatic carbocycles. The van der Waals surface area contributed by atoms with Gasteiger partial charge in [-0.15, -0.1) is 10.2 Å². The number of nitrogens with one attached hydrogen (secondary N) is 2. The summed E-state index contributed by atoms with van der Waals surface area (Å²) in [4.78, 5) is 25.2. The molecule has 1 aromatic rings. The van der Waals surface area contributed by atoms with Crippen molar-refractivity contribution in [2.75, 3.05) is 31.6 Å². The highest BCUT2D eigenvalue weighted by Crippen LogP contribution is 2.20. The van der Waals surface area contributed by atoms with Gasteiger partial charge in [-0.3, -0.25) is 9.59 Å². The Labute approximate surface area is 136 Å². The molecule has 0 aromatic carbocycles. The molecular weight excluding hydrogens is 294 g/mol. The molecule has 2 N–H and O–H groups in total. The molecule has 1 aliphatic rings. The number of hydrogen-bond donors (Lipinski definition) is 2. The third-order valence-corrected chi connectivity index (χ3v) is 4.02. The number of carbonyl (C=O) groups excluding carboxylic acids is 2. The zero-order valence-corrected chi connectivity index (χ0v) is 13.8. The number of amides is 2. The van der Waals surface area contributed by atoms with E-state index in [0.29, 0.717) is 24.6 Å². The first-order chi connectivity index (χ1) is 11.1. The molecule has 1 saturated heterocycles. The molecule has 1 unspecified atom stereocenters. The maximum absolute atomic E-state index is 11.6. The van der Waals surface area contributed by atoms with E-state index in [9.17, 15) is 9.59 Å². The van der Waals surface area contributed by atoms with Crippen molar-refractivity contribution in [1.29, 1.82) is 0 Å². The molecular formula is C16H25N5O2. The first-order valence-corrected chi connectivity index (χ1v) is 8.21. The van der Waals surface area contributed by atoms with Crippen molar-refractivity contribution in [3.8, 4) is 0 Å². The van der Waals surface area contributed by atoms with Crippen LogP contribution in [-0.4, -0.2) is 48.7 Å². The molecule has 0 spiro atoms. The van der Waals surface area contributed by atoms with Crippen molar-refractivity contribution in [3.63, 3.8) is 0 Å². The lowest BCUT2D eigenvalue weighted by Gasteiger charge is -2.33. The Balaban J connectivity index is 1.90. The van der Waals surface area contributed by atoms with Crippen LogP contribution in [0.2, 0.25) is 0 Å². The average Bonchev–Trinajstić information content (AvgIpc) is 2.60. The summed E-state index contributed by atoms with van der Waals surface area (Å²) in [5, 5.41) is 13.7. The second kappa shape index (κ2) is 8.45. The Bertz CT molecular complexity index is 532. The Morgan fingerprint density at radius 3 is 2.83 bits per heavy atom. The molecule has 0 radical (unpaired) electrons. The lowest BCUT2D eigenvalue weighted by molar-refractivity contribution is -0.121. The molecule has 0 saturated carbocycles. The highest BCUT2D eigenvalue weighted by atomic mass is 16.2. The van der Waals surface area contributed by atoms with Crippen molar-refractivity contribution in [2.45, 2.75) is 32.6 Å². The summed E-state index contributed by atoms with van der Waals surface area (Å²) in [6, 6.07) is 3.52. The maximum atomic E-state index is 11.6. The van der Waals surface area contributed by atoms with Gasteiger partial charge in [-0.05, 0) is 37.3 Å². The number of hydrogen-bond acceptors (Lipinski definition) is 5. The van der Waals surface area contributed by atoms with Crippen LogP contribution in [0.1, 0.15) is 43.1 Å². The summed E-state index contributed by atoms with van der Waals surface area (Å²) in [6.07, 6.45) is 3.62. The fourth-order valence-corrected chi connectivity index (χ4v) is 2.76. The topological polar surface area (TPSA) is 87.2 Å². The zero-order valence-electron chi connectivity index (χ0n) is 13.8. The summed E-state index contributed by atoms with van der Waals surface area (Å²) in [5.74, 6) is 1.09. The van der Waals surface area contributed by atoms with Gasteiger partial charge in [0.05, 0.1) is 0 Å². The van der Waals surface area contributed by atoms with Gasteiger partial charge in [0.25, 0.3) is 5.91 Å². The highest BCUT2D eigenvalue weighted by Gasteiger charge is 2.22. The number of carbonyl (C=O) groups is 2. The quantitative estimate of drug-likeness (QED) is 0.816. The first-order valence-electron chi connectivity index (χ1n) is 8.21. The van der Waals surface area contributed by atoms with Crippen LogP contribution < -0.4 is 15.5 Å². The van der Waals surface area contributed by atoms with E-state index in [1.165, 1.54) is 0 Å². The largest absolute Gasteiger partial charge is 0.356 e. The summed E-state index contributed by atoms with van der Waals surface area (Å²) < 4.78 is 0. The van der Waals surface area contributed by atoms with E-state index in [4.69, 9.17) is 0 Å². The summed E-state index contributed by atoms with van der Waals surface area (Å²) in [7, 11) is 1.57. The molecule has 23 heavy (non-hydrogen) atoms. The summed E-state index contributed by atoms with van der Waals surface area (Å²) in [5.41, 5.74) is 0.316. The Hall–Kier alpha value is -2.18. The van der Waals surface area contributed by atoms with E-state index in [-0.39, 0.29) is 11.8 Å². The average molecular weight is 319 g/mol. The molecule has 1 aliphatic heterocycles. The lowest BCUT2D eigenvalue weighted by atomic mass is 9.98. The standard InChI is InChI=1S/C16H25N5O2/c1-3-5-15(22)18-10-12-6-4-9-21(11-12)14-8-7-13(19-20-14)16(23)17-2/h7-8,12H,3-6,9-11H2,1-2H3,(H,17,23)(H,18,22). The first kappa shape index (κ1) is 17.2. The molecule has 126 valence electrons. The highest BCUT2D eigenvalue weighted by molar-refractivity contribution is 5.91. The van der Waals surface area contributed by atoms with Crippen LogP contribution in [0.25, 0.3) is 0 Å². The van der Waals surface area contributed by atoms with Crippen LogP contribution in [0.4, 0.5) is 5.82 Å². The minimum atomic E-state index is -0.237. The van der Waals surface area contributed by atoms with Crippen LogP contribution in [0.5, 0.6) is 0 Å². The Morgan fingerprint density at radius 2 is 2.17 bits per heavy atom. The molecule has 1 atom stereocenters. The summed E-state index contributed by atoms with van der Waals surface area (Å²) >= 11 is 0. The van der Waals surface area contributed by atoms with E-state index >= 15 is 0 Å². The maximum Gasteiger partial charge on any atom is 0.271 e. The van der Waals surface area contributed by atoms with Crippen molar-refractivity contribution < 1.29 is 9.59 Å². The molecule has 2 heterocycles. The SMILES string of the molecule is CCCC(=O)NCC1CCCN(c2ccc(C(=O)NC)nn2)C1. The molecule has 0 bridgehead atoms. The predicted octanol–water partition coefficient (Wildman–Crippen LogP) is 0.969. The molecule has 7 heteroatoms. The van der Waals surface area contributed by atoms with Crippen molar-refractivity contribution >= 4 is 17.6 Å². The third-order valence-electron chi connectivity index (χ3n) is 4.02. The Kier molecular flexibility index (Phi) is 6.31. The van der Waals surface area contributed by atoms with Crippen LogP contribution in [0.15, 0.2) is 12.1 Å². The van der Waals surface area contributed by atoms with Gasteiger partial charge in [-0.25, -0.2) is 0 Å². The number of anilines is 1. The van der Waals surface area contributed by atoms with E-state index in [1.54, 1.807) is 13.1 Å². The molecule has 1 aromatic heterocycles. The zero-order chi connectivity index (χ0) is 16.7.